The minimum absolute atomic E-state index is 0.0616. The smallest absolute Gasteiger partial charge is 0.242 e. The molecule has 0 amide bonds. The Hall–Kier alpha value is -1.31. The van der Waals surface area contributed by atoms with E-state index in [2.05, 4.69) is 10.0 Å². The Bertz CT molecular complexity index is 526. The summed E-state index contributed by atoms with van der Waals surface area (Å²) in [6.07, 6.45) is 0. The van der Waals surface area contributed by atoms with E-state index in [0.717, 1.165) is 0 Å². The summed E-state index contributed by atoms with van der Waals surface area (Å²) in [4.78, 5) is 0.0616. The van der Waals surface area contributed by atoms with E-state index >= 15 is 0 Å². The van der Waals surface area contributed by atoms with E-state index in [9.17, 15) is 13.5 Å². The maximum atomic E-state index is 11.9. The summed E-state index contributed by atoms with van der Waals surface area (Å²) >= 11 is 0. The van der Waals surface area contributed by atoms with E-state index in [0.29, 0.717) is 11.4 Å². The molecule has 0 atom stereocenters. The topological polar surface area (TPSA) is 104 Å². The Labute approximate surface area is 107 Å². The molecule has 0 spiro atoms. The van der Waals surface area contributed by atoms with Crippen molar-refractivity contribution in [1.29, 1.82) is 0 Å². The molecule has 1 aromatic carbocycles. The van der Waals surface area contributed by atoms with Crippen LogP contribution in [-0.4, -0.2) is 32.7 Å². The number of hydrogen-bond donors (Lipinski definition) is 4. The van der Waals surface area contributed by atoms with Crippen LogP contribution in [0.15, 0.2) is 23.1 Å². The molecule has 102 valence electrons. The number of sulfonamides is 1. The number of aliphatic hydroxyl groups excluding tert-OH is 1. The number of nitrogen functional groups attached to an aromatic ring is 1. The molecule has 0 bridgehead atoms. The Kier molecular flexibility index (Phi) is 4.20. The Balaban J connectivity index is 3.29. The van der Waals surface area contributed by atoms with Gasteiger partial charge in [-0.15, -0.1) is 0 Å². The van der Waals surface area contributed by atoms with Gasteiger partial charge in [0.15, 0.2) is 0 Å². The van der Waals surface area contributed by atoms with Crippen molar-refractivity contribution in [3.63, 3.8) is 0 Å². The summed E-state index contributed by atoms with van der Waals surface area (Å²) in [6, 6.07) is 4.56. The van der Waals surface area contributed by atoms with Crippen LogP contribution in [-0.2, 0) is 10.0 Å². The summed E-state index contributed by atoms with van der Waals surface area (Å²) in [5, 5.41) is 12.2. The van der Waals surface area contributed by atoms with Gasteiger partial charge in [-0.1, -0.05) is 0 Å². The van der Waals surface area contributed by atoms with E-state index in [4.69, 9.17) is 5.73 Å². The predicted molar refractivity (Wildman–Crippen MR) is 71.9 cm³/mol. The number of rotatable bonds is 5. The van der Waals surface area contributed by atoms with E-state index in [1.807, 2.05) is 0 Å². The lowest BCUT2D eigenvalue weighted by atomic mass is 10.1. The summed E-state index contributed by atoms with van der Waals surface area (Å²) < 4.78 is 26.0. The second-order valence-electron chi connectivity index (χ2n) is 4.63. The number of anilines is 2. The average molecular weight is 273 g/mol. The van der Waals surface area contributed by atoms with Gasteiger partial charge in [-0.05, 0) is 39.1 Å². The molecule has 6 nitrogen and oxygen atoms in total. The lowest BCUT2D eigenvalue weighted by molar-refractivity contribution is 0.234. The van der Waals surface area contributed by atoms with Crippen LogP contribution < -0.4 is 15.8 Å². The first-order valence-electron chi connectivity index (χ1n) is 5.44. The van der Waals surface area contributed by atoms with E-state index < -0.39 is 15.6 Å². The van der Waals surface area contributed by atoms with Crippen molar-refractivity contribution < 1.29 is 13.5 Å². The second kappa shape index (κ2) is 5.13. The fourth-order valence-electron chi connectivity index (χ4n) is 1.38. The lowest BCUT2D eigenvalue weighted by Gasteiger charge is -2.26. The number of aliphatic hydroxyl groups is 1. The third kappa shape index (κ3) is 3.34. The van der Waals surface area contributed by atoms with Crippen LogP contribution >= 0.6 is 0 Å². The maximum Gasteiger partial charge on any atom is 0.242 e. The third-order valence-corrected chi connectivity index (χ3v) is 3.89. The number of nitrogens with one attached hydrogen (secondary N) is 2. The van der Waals surface area contributed by atoms with Crippen molar-refractivity contribution in [1.82, 2.24) is 4.72 Å². The Morgan fingerprint density at radius 3 is 2.50 bits per heavy atom. The van der Waals surface area contributed by atoms with Crippen molar-refractivity contribution in [2.24, 2.45) is 0 Å². The molecule has 18 heavy (non-hydrogen) atoms. The van der Waals surface area contributed by atoms with Crippen molar-refractivity contribution in [3.8, 4) is 0 Å². The normalized spacial score (nSPS) is 12.4. The zero-order valence-electron chi connectivity index (χ0n) is 10.7. The standard InChI is InChI=1S/C11H19N3O3S/c1-11(2,7-15)14-9-5-4-8(12)6-10(9)18(16,17)13-3/h4-6,13-15H,7,12H2,1-3H3. The van der Waals surface area contributed by atoms with Gasteiger partial charge in [-0.3, -0.25) is 0 Å². The number of nitrogens with two attached hydrogens (primary N) is 1. The molecule has 0 fully saturated rings. The van der Waals surface area contributed by atoms with Crippen LogP contribution in [0.25, 0.3) is 0 Å². The second-order valence-corrected chi connectivity index (χ2v) is 6.49. The predicted octanol–water partition coefficient (Wildman–Crippen LogP) is 0.360. The molecular weight excluding hydrogens is 254 g/mol. The molecule has 0 aliphatic carbocycles. The molecule has 1 aromatic rings. The summed E-state index contributed by atoms with van der Waals surface area (Å²) in [5.74, 6) is 0. The maximum absolute atomic E-state index is 11.9. The minimum atomic E-state index is -3.61. The molecule has 0 saturated carbocycles. The van der Waals surface area contributed by atoms with E-state index in [1.54, 1.807) is 26.0 Å². The Morgan fingerprint density at radius 1 is 1.39 bits per heavy atom. The van der Waals surface area contributed by atoms with Crippen LogP contribution in [0.3, 0.4) is 0 Å². The first-order valence-corrected chi connectivity index (χ1v) is 6.92. The fraction of sp³-hybridized carbons (Fsp3) is 0.455. The molecule has 0 aliphatic heterocycles. The van der Waals surface area contributed by atoms with Gasteiger partial charge in [0.2, 0.25) is 10.0 Å². The van der Waals surface area contributed by atoms with E-state index in [1.165, 1.54) is 13.1 Å². The average Bonchev–Trinajstić information content (AvgIpc) is 2.31. The number of hydrogen-bond acceptors (Lipinski definition) is 5. The fourth-order valence-corrected chi connectivity index (χ4v) is 2.30. The van der Waals surface area contributed by atoms with E-state index in [-0.39, 0.29) is 11.5 Å². The SMILES string of the molecule is CNS(=O)(=O)c1cc(N)ccc1NC(C)(C)CO. The van der Waals surface area contributed by atoms with Crippen molar-refractivity contribution in [3.05, 3.63) is 18.2 Å². The summed E-state index contributed by atoms with van der Waals surface area (Å²) in [5.41, 5.74) is 5.73. The third-order valence-electron chi connectivity index (χ3n) is 2.43. The minimum Gasteiger partial charge on any atom is -0.399 e. The Morgan fingerprint density at radius 2 is 2.00 bits per heavy atom. The molecule has 0 heterocycles. The van der Waals surface area contributed by atoms with Gasteiger partial charge in [0.05, 0.1) is 17.8 Å². The van der Waals surface area contributed by atoms with Gasteiger partial charge < -0.3 is 16.2 Å². The van der Waals surface area contributed by atoms with Gasteiger partial charge >= 0.3 is 0 Å². The highest BCUT2D eigenvalue weighted by Gasteiger charge is 2.22. The van der Waals surface area contributed by atoms with Crippen LogP contribution in [0.4, 0.5) is 11.4 Å². The van der Waals surface area contributed by atoms with Crippen molar-refractivity contribution in [2.45, 2.75) is 24.3 Å². The number of benzene rings is 1. The first kappa shape index (κ1) is 14.7. The molecule has 5 N–H and O–H groups in total. The first-order chi connectivity index (χ1) is 8.22. The highest BCUT2D eigenvalue weighted by Crippen LogP contribution is 2.26. The molecule has 1 rings (SSSR count). The summed E-state index contributed by atoms with van der Waals surface area (Å²) in [6.45, 7) is 3.40. The molecule has 7 heteroatoms. The van der Waals surface area contributed by atoms with Crippen LogP contribution in [0, 0.1) is 0 Å². The quantitative estimate of drug-likeness (QED) is 0.580. The zero-order valence-corrected chi connectivity index (χ0v) is 11.5. The molecule has 0 saturated heterocycles. The van der Waals surface area contributed by atoms with Crippen LogP contribution in [0.2, 0.25) is 0 Å². The van der Waals surface area contributed by atoms with Crippen LogP contribution in [0.5, 0.6) is 0 Å². The van der Waals surface area contributed by atoms with Gasteiger partial charge in [-0.2, -0.15) is 0 Å². The highest BCUT2D eigenvalue weighted by molar-refractivity contribution is 7.89. The summed E-state index contributed by atoms with van der Waals surface area (Å²) in [7, 11) is -2.27. The molecular formula is C11H19N3O3S. The van der Waals surface area contributed by atoms with Gasteiger partial charge in [0.1, 0.15) is 4.90 Å². The molecule has 0 radical (unpaired) electrons. The molecule has 0 unspecified atom stereocenters. The van der Waals surface area contributed by atoms with Gasteiger partial charge in [0.25, 0.3) is 0 Å². The highest BCUT2D eigenvalue weighted by atomic mass is 32.2. The largest absolute Gasteiger partial charge is 0.399 e. The van der Waals surface area contributed by atoms with Crippen molar-refractivity contribution in [2.75, 3.05) is 24.7 Å². The van der Waals surface area contributed by atoms with Gasteiger partial charge in [0, 0.05) is 5.69 Å². The zero-order chi connectivity index (χ0) is 14.0. The van der Waals surface area contributed by atoms with Crippen molar-refractivity contribution >= 4 is 21.4 Å². The lowest BCUT2D eigenvalue weighted by Crippen LogP contribution is -2.36. The van der Waals surface area contributed by atoms with Gasteiger partial charge in [-0.25, -0.2) is 13.1 Å². The molecule has 0 aromatic heterocycles. The monoisotopic (exact) mass is 273 g/mol. The molecule has 0 aliphatic rings. The van der Waals surface area contributed by atoms with Crippen LogP contribution in [0.1, 0.15) is 13.8 Å².